The lowest BCUT2D eigenvalue weighted by Gasteiger charge is -2.41. The van der Waals surface area contributed by atoms with E-state index in [-0.39, 0.29) is 31.5 Å². The monoisotopic (exact) mass is 791 g/mol. The number of halogens is 1. The van der Waals surface area contributed by atoms with Crippen LogP contribution in [0.25, 0.3) is 0 Å². The Balaban J connectivity index is 1.56. The molecular weight excluding hydrogens is 729 g/mol. The number of ether oxygens (including phenoxy) is 2. The van der Waals surface area contributed by atoms with Gasteiger partial charge in [0.05, 0.1) is 36.5 Å². The molecule has 1 aliphatic rings. The van der Waals surface area contributed by atoms with Crippen molar-refractivity contribution < 1.29 is 53.9 Å². The topological polar surface area (TPSA) is 221 Å². The molecule has 2 aromatic carbocycles. The first-order valence-electron chi connectivity index (χ1n) is 20.0. The Labute approximate surface area is 329 Å². The smallest absolute Gasteiger partial charge is 0.269 e. The van der Waals surface area contributed by atoms with E-state index in [2.05, 4.69) is 17.6 Å². The maximum absolute atomic E-state index is 14.2. The lowest BCUT2D eigenvalue weighted by Crippen LogP contribution is -2.61. The lowest BCUT2D eigenvalue weighted by atomic mass is 9.98. The molecule has 0 radical (unpaired) electrons. The van der Waals surface area contributed by atoms with Crippen molar-refractivity contribution in [2.75, 3.05) is 13.2 Å². The number of nitro groups is 1. The molecule has 0 aromatic heterocycles. The summed E-state index contributed by atoms with van der Waals surface area (Å²) in [6.45, 7) is 3.01. The number of nitrogens with one attached hydrogen (secondary N) is 2. The van der Waals surface area contributed by atoms with Gasteiger partial charge in [-0.25, -0.2) is 4.39 Å². The molecule has 2 aromatic rings. The van der Waals surface area contributed by atoms with Crippen molar-refractivity contribution in [2.24, 2.45) is 0 Å². The van der Waals surface area contributed by atoms with Crippen molar-refractivity contribution in [3.05, 3.63) is 75.1 Å². The van der Waals surface area contributed by atoms with Crippen LogP contribution in [0.3, 0.4) is 0 Å². The van der Waals surface area contributed by atoms with Crippen LogP contribution in [0, 0.1) is 22.9 Å². The summed E-state index contributed by atoms with van der Waals surface area (Å²) in [6, 6.07) is 8.58. The molecule has 56 heavy (non-hydrogen) atoms. The molecule has 8 atom stereocenters. The highest BCUT2D eigenvalue weighted by atomic mass is 19.1. The number of amides is 2. The predicted molar refractivity (Wildman–Crippen MR) is 207 cm³/mol. The van der Waals surface area contributed by atoms with E-state index in [1.54, 1.807) is 19.1 Å². The van der Waals surface area contributed by atoms with E-state index in [4.69, 9.17) is 9.47 Å². The molecule has 15 heteroatoms. The number of hydrogen-bond acceptors (Lipinski definition) is 11. The molecule has 314 valence electrons. The van der Waals surface area contributed by atoms with Crippen LogP contribution in [0.5, 0.6) is 0 Å². The van der Waals surface area contributed by atoms with Crippen LogP contribution >= 0.6 is 0 Å². The summed E-state index contributed by atoms with van der Waals surface area (Å²) in [5.74, 6) is -1.57. The molecule has 3 rings (SSSR count). The highest BCUT2D eigenvalue weighted by Gasteiger charge is 2.45. The fraction of sp³-hybridized carbons (Fsp3) is 0.659. The second kappa shape index (κ2) is 24.9. The molecule has 1 fully saturated rings. The zero-order chi connectivity index (χ0) is 41.0. The number of carbonyl (C=O) groups is 2. The summed E-state index contributed by atoms with van der Waals surface area (Å²) >= 11 is 0. The number of non-ortho nitro benzene ring substituents is 1. The molecule has 1 heterocycles. The maximum atomic E-state index is 14.2. The van der Waals surface area contributed by atoms with E-state index in [0.29, 0.717) is 23.1 Å². The van der Waals surface area contributed by atoms with Gasteiger partial charge in [0, 0.05) is 18.7 Å². The van der Waals surface area contributed by atoms with Gasteiger partial charge in [-0.05, 0) is 36.1 Å². The fourth-order valence-corrected chi connectivity index (χ4v) is 6.67. The average Bonchev–Trinajstić information content (AvgIpc) is 3.17. The van der Waals surface area contributed by atoms with E-state index >= 15 is 0 Å². The van der Waals surface area contributed by atoms with E-state index in [1.807, 2.05) is 0 Å². The minimum absolute atomic E-state index is 0.128. The van der Waals surface area contributed by atoms with Crippen LogP contribution in [0.15, 0.2) is 42.5 Å². The minimum Gasteiger partial charge on any atom is -0.390 e. The number of nitrogens with zero attached hydrogens (tertiary/aromatic N) is 1. The van der Waals surface area contributed by atoms with Gasteiger partial charge in [0.1, 0.15) is 36.3 Å². The number of unbranched alkanes of at least 4 members (excludes halogenated alkanes) is 11. The molecule has 2 amide bonds. The number of rotatable bonds is 26. The standard InChI is InChI=1S/C41H62FN3O11/c1-3-4-5-6-7-8-9-10-11-12-13-14-15-33(46)37(49)32(44-36(48)24-29-17-16-27(2)31(42)22-29)26-55-41-40(52)39(51)38(50)34(56-41)25-43-35(47)23-28-18-20-30(21-19-28)45(53)54/h16-22,32-34,37-41,46,49-52H,3-15,23-26H2,1-2H3,(H,43,47)(H,44,48)/t32-,33+,34?,37-,38-,39-,40?,41-/m0/s1. The number of nitro benzene ring substituents is 1. The number of aryl methyl sites for hydroxylation is 1. The van der Waals surface area contributed by atoms with Gasteiger partial charge < -0.3 is 45.6 Å². The second-order valence-corrected chi connectivity index (χ2v) is 14.9. The largest absolute Gasteiger partial charge is 0.390 e. The van der Waals surface area contributed by atoms with E-state index in [0.717, 1.165) is 25.7 Å². The second-order valence-electron chi connectivity index (χ2n) is 14.9. The van der Waals surface area contributed by atoms with Crippen LogP contribution in [0.1, 0.15) is 107 Å². The van der Waals surface area contributed by atoms with Gasteiger partial charge in [0.2, 0.25) is 11.8 Å². The van der Waals surface area contributed by atoms with Crippen molar-refractivity contribution in [2.45, 2.75) is 159 Å². The van der Waals surface area contributed by atoms with Gasteiger partial charge in [0.15, 0.2) is 6.29 Å². The third kappa shape index (κ3) is 16.1. The normalized spacial score (nSPS) is 21.2. The molecule has 14 nitrogen and oxygen atoms in total. The Bertz CT molecular complexity index is 1480. The van der Waals surface area contributed by atoms with Crippen molar-refractivity contribution in [1.82, 2.24) is 10.6 Å². The van der Waals surface area contributed by atoms with Gasteiger partial charge in [-0.2, -0.15) is 0 Å². The van der Waals surface area contributed by atoms with E-state index < -0.39 is 78.1 Å². The van der Waals surface area contributed by atoms with Crippen LogP contribution in [-0.4, -0.2) is 104 Å². The van der Waals surface area contributed by atoms with Gasteiger partial charge in [-0.15, -0.1) is 0 Å². The molecule has 0 saturated carbocycles. The Morgan fingerprint density at radius 3 is 2.00 bits per heavy atom. The average molecular weight is 792 g/mol. The zero-order valence-corrected chi connectivity index (χ0v) is 32.7. The molecule has 1 aliphatic heterocycles. The molecule has 0 bridgehead atoms. The third-order valence-electron chi connectivity index (χ3n) is 10.2. The van der Waals surface area contributed by atoms with Crippen LogP contribution in [-0.2, 0) is 31.9 Å². The summed E-state index contributed by atoms with van der Waals surface area (Å²) < 4.78 is 25.6. The molecule has 0 spiro atoms. The first kappa shape index (κ1) is 46.8. The number of aliphatic hydroxyl groups is 5. The highest BCUT2D eigenvalue weighted by Crippen LogP contribution is 2.23. The molecular formula is C41H62FN3O11. The summed E-state index contributed by atoms with van der Waals surface area (Å²) in [4.78, 5) is 36.0. The number of benzene rings is 2. The molecule has 1 saturated heterocycles. The first-order chi connectivity index (χ1) is 26.8. The Morgan fingerprint density at radius 2 is 1.41 bits per heavy atom. The lowest BCUT2D eigenvalue weighted by molar-refractivity contribution is -0.384. The Hall–Kier alpha value is -3.57. The summed E-state index contributed by atoms with van der Waals surface area (Å²) in [5, 5.41) is 70.2. The van der Waals surface area contributed by atoms with Gasteiger partial charge in [-0.1, -0.05) is 108 Å². The van der Waals surface area contributed by atoms with Gasteiger partial charge in [-0.3, -0.25) is 19.7 Å². The van der Waals surface area contributed by atoms with Crippen LogP contribution in [0.2, 0.25) is 0 Å². The quantitative estimate of drug-likeness (QED) is 0.0409. The summed E-state index contributed by atoms with van der Waals surface area (Å²) in [7, 11) is 0. The number of aliphatic hydroxyl groups excluding tert-OH is 5. The molecule has 7 N–H and O–H groups in total. The summed E-state index contributed by atoms with van der Waals surface area (Å²) in [5.41, 5.74) is 1.17. The van der Waals surface area contributed by atoms with Crippen molar-refractivity contribution in [3.8, 4) is 0 Å². The van der Waals surface area contributed by atoms with Gasteiger partial charge in [0.25, 0.3) is 5.69 Å². The van der Waals surface area contributed by atoms with Crippen molar-refractivity contribution >= 4 is 17.5 Å². The minimum atomic E-state index is -1.76. The Morgan fingerprint density at radius 1 is 0.839 bits per heavy atom. The van der Waals surface area contributed by atoms with Crippen molar-refractivity contribution in [3.63, 3.8) is 0 Å². The van der Waals surface area contributed by atoms with E-state index in [1.165, 1.54) is 75.3 Å². The third-order valence-corrected chi connectivity index (χ3v) is 10.2. The fourth-order valence-electron chi connectivity index (χ4n) is 6.67. The number of hydrogen-bond donors (Lipinski definition) is 7. The number of carbonyl (C=O) groups excluding carboxylic acids is 2. The molecule has 2 unspecified atom stereocenters. The predicted octanol–water partition coefficient (Wildman–Crippen LogP) is 4.07. The SMILES string of the molecule is CCCCCCCCCCCCCC[C@@H](O)[C@@H](O)[C@H](CO[C@H]1OC(CNC(=O)Cc2ccc([N+](=O)[O-])cc2)[C@H](O)[C@H](O)C1O)NC(=O)Cc1ccc(C)c(F)c1. The first-order valence-corrected chi connectivity index (χ1v) is 20.0. The maximum Gasteiger partial charge on any atom is 0.269 e. The van der Waals surface area contributed by atoms with Gasteiger partial charge >= 0.3 is 0 Å². The van der Waals surface area contributed by atoms with E-state index in [9.17, 15) is 49.6 Å². The van der Waals surface area contributed by atoms with Crippen LogP contribution < -0.4 is 10.6 Å². The highest BCUT2D eigenvalue weighted by molar-refractivity contribution is 5.79. The zero-order valence-electron chi connectivity index (χ0n) is 32.7. The van der Waals surface area contributed by atoms with Crippen LogP contribution in [0.4, 0.5) is 10.1 Å². The Kier molecular flexibility index (Phi) is 20.8. The van der Waals surface area contributed by atoms with Crippen molar-refractivity contribution in [1.29, 1.82) is 0 Å². The summed E-state index contributed by atoms with van der Waals surface area (Å²) in [6.07, 6.45) is 2.78. The molecule has 0 aliphatic carbocycles.